The van der Waals surface area contributed by atoms with E-state index >= 15 is 0 Å². The van der Waals surface area contributed by atoms with Gasteiger partial charge in [0.05, 0.1) is 18.9 Å². The molecule has 22 heavy (non-hydrogen) atoms. The summed E-state index contributed by atoms with van der Waals surface area (Å²) in [5.74, 6) is 0. The maximum atomic E-state index is 11.1. The third-order valence-corrected chi connectivity index (χ3v) is 3.36. The molecular weight excluding hydrogens is 349 g/mol. The van der Waals surface area contributed by atoms with Crippen molar-refractivity contribution in [3.63, 3.8) is 0 Å². The van der Waals surface area contributed by atoms with Crippen LogP contribution in [0.25, 0.3) is 21.5 Å². The Kier molecular flexibility index (Phi) is 5.95. The van der Waals surface area contributed by atoms with Crippen molar-refractivity contribution >= 4 is 11.9 Å². The van der Waals surface area contributed by atoms with Crippen LogP contribution in [0, 0.1) is 25.3 Å². The third-order valence-electron chi connectivity index (χ3n) is 3.36. The van der Waals surface area contributed by atoms with E-state index in [9.17, 15) is 4.79 Å². The van der Waals surface area contributed by atoms with Crippen molar-refractivity contribution in [3.8, 4) is 17.2 Å². The van der Waals surface area contributed by atoms with Crippen LogP contribution in [0.2, 0.25) is 0 Å². The molecule has 0 spiro atoms. The molecule has 0 heterocycles. The SMILES string of the molecule is [C-]#[N+]/C(C#N)=C1\c2ccccc2-c2c([C-]=O)cccc21.[CH3-].[Y]. The summed E-state index contributed by atoms with van der Waals surface area (Å²) in [6, 6.07) is 14.7. The van der Waals surface area contributed by atoms with Gasteiger partial charge in [-0.1, -0.05) is 41.5 Å². The predicted octanol–water partition coefficient (Wildman–Crippen LogP) is 3.77. The summed E-state index contributed by atoms with van der Waals surface area (Å²) < 4.78 is 0. The zero-order chi connectivity index (χ0) is 14.1. The molecule has 0 fully saturated rings. The Morgan fingerprint density at radius 3 is 2.32 bits per heavy atom. The van der Waals surface area contributed by atoms with Crippen molar-refractivity contribution in [2.45, 2.75) is 0 Å². The first kappa shape index (κ1) is 18.0. The van der Waals surface area contributed by atoms with Crippen LogP contribution in [0.1, 0.15) is 16.7 Å². The van der Waals surface area contributed by atoms with Crippen LogP contribution in [0.5, 0.6) is 0 Å². The molecule has 3 rings (SSSR count). The minimum atomic E-state index is 0. The second-order valence-corrected chi connectivity index (χ2v) is 4.32. The number of rotatable bonds is 1. The Morgan fingerprint density at radius 2 is 1.73 bits per heavy atom. The Morgan fingerprint density at radius 1 is 1.09 bits per heavy atom. The second kappa shape index (κ2) is 7.27. The largest absolute Gasteiger partial charge is 0.376 e. The Labute approximate surface area is 155 Å². The molecule has 1 aliphatic rings. The standard InChI is InChI=1S/C17H7N2O.CH3.Y/c1-19-15(9-18)17-13-7-3-2-6-12(13)16-11(10-20)5-4-8-14(16)17;;/h2-8H;1H3;/q2*-1;/b17-15+;;. The van der Waals surface area contributed by atoms with E-state index in [2.05, 4.69) is 4.85 Å². The molecule has 3 nitrogen and oxygen atoms in total. The molecule has 2 aromatic rings. The van der Waals surface area contributed by atoms with E-state index < -0.39 is 0 Å². The van der Waals surface area contributed by atoms with Crippen LogP contribution in [0.4, 0.5) is 0 Å². The molecule has 0 atom stereocenters. The van der Waals surface area contributed by atoms with Crippen molar-refractivity contribution in [1.29, 1.82) is 5.26 Å². The first-order valence-corrected chi connectivity index (χ1v) is 5.95. The second-order valence-electron chi connectivity index (χ2n) is 4.32. The average Bonchev–Trinajstić information content (AvgIpc) is 2.84. The van der Waals surface area contributed by atoms with Crippen molar-refractivity contribution in [2.24, 2.45) is 0 Å². The number of allylic oxidation sites excluding steroid dienone is 1. The number of nitrogens with zero attached hydrogens (tertiary/aromatic N) is 2. The molecule has 0 aromatic heterocycles. The van der Waals surface area contributed by atoms with Gasteiger partial charge in [-0.25, -0.2) is 10.1 Å². The van der Waals surface area contributed by atoms with E-state index in [0.717, 1.165) is 22.3 Å². The van der Waals surface area contributed by atoms with Gasteiger partial charge in [-0.3, -0.25) is 0 Å². The minimum absolute atomic E-state index is 0. The molecule has 0 saturated carbocycles. The molecule has 0 saturated heterocycles. The van der Waals surface area contributed by atoms with Crippen molar-refractivity contribution in [3.05, 3.63) is 83.7 Å². The quantitative estimate of drug-likeness (QED) is 0.490. The molecule has 4 heteroatoms. The molecule has 1 aliphatic carbocycles. The summed E-state index contributed by atoms with van der Waals surface area (Å²) in [7, 11) is 0. The molecule has 0 bridgehead atoms. The fraction of sp³-hybridized carbons (Fsp3) is 0. The third kappa shape index (κ3) is 2.55. The van der Waals surface area contributed by atoms with Crippen LogP contribution in [0.15, 0.2) is 48.2 Å². The van der Waals surface area contributed by atoms with Gasteiger partial charge in [0.15, 0.2) is 0 Å². The van der Waals surface area contributed by atoms with E-state index in [1.54, 1.807) is 12.1 Å². The van der Waals surface area contributed by atoms with Gasteiger partial charge in [0.1, 0.15) is 0 Å². The molecule has 1 radical (unpaired) electrons. The summed E-state index contributed by atoms with van der Waals surface area (Å²) in [5.41, 5.74) is 4.28. The molecular formula is C18H10N2OY-2. The Bertz CT molecular complexity index is 838. The monoisotopic (exact) mass is 359 g/mol. The minimum Gasteiger partial charge on any atom is -0.376 e. The normalized spacial score (nSPS) is 12.5. The van der Waals surface area contributed by atoms with E-state index in [0.29, 0.717) is 11.1 Å². The van der Waals surface area contributed by atoms with Gasteiger partial charge in [-0.2, -0.15) is 6.07 Å². The van der Waals surface area contributed by atoms with Crippen LogP contribution in [-0.2, 0) is 37.5 Å². The predicted molar refractivity (Wildman–Crippen MR) is 81.3 cm³/mol. The van der Waals surface area contributed by atoms with E-state index in [1.807, 2.05) is 42.7 Å². The van der Waals surface area contributed by atoms with E-state index in [4.69, 9.17) is 11.8 Å². The van der Waals surface area contributed by atoms with Crippen LogP contribution in [0.3, 0.4) is 0 Å². The maximum absolute atomic E-state index is 11.1. The number of hydrogen-bond acceptors (Lipinski definition) is 2. The van der Waals surface area contributed by atoms with E-state index in [-0.39, 0.29) is 45.8 Å². The molecule has 2 aromatic carbocycles. The van der Waals surface area contributed by atoms with Gasteiger partial charge >= 0.3 is 0 Å². The van der Waals surface area contributed by atoms with Gasteiger partial charge in [-0.05, 0) is 11.1 Å². The number of carbonyl (C=O) groups excluding carboxylic acids is 1. The van der Waals surface area contributed by atoms with Gasteiger partial charge in [0.2, 0.25) is 0 Å². The van der Waals surface area contributed by atoms with Gasteiger partial charge < -0.3 is 12.2 Å². The first-order valence-electron chi connectivity index (χ1n) is 5.95. The Balaban J connectivity index is 0.00000121. The fourth-order valence-corrected chi connectivity index (χ4v) is 2.59. The summed E-state index contributed by atoms with van der Waals surface area (Å²) in [4.78, 5) is 14.4. The maximum Gasteiger partial charge on any atom is 0.269 e. The van der Waals surface area contributed by atoms with Gasteiger partial charge in [-0.15, -0.1) is 17.2 Å². The summed E-state index contributed by atoms with van der Waals surface area (Å²) >= 11 is 0. The average molecular weight is 359 g/mol. The van der Waals surface area contributed by atoms with Crippen molar-refractivity contribution in [1.82, 2.24) is 0 Å². The molecule has 0 aliphatic heterocycles. The summed E-state index contributed by atoms with van der Waals surface area (Å²) in [6.45, 7) is 7.17. The van der Waals surface area contributed by atoms with Gasteiger partial charge in [0, 0.05) is 32.7 Å². The fourth-order valence-electron chi connectivity index (χ4n) is 2.59. The summed E-state index contributed by atoms with van der Waals surface area (Å²) in [5, 5.41) is 9.17. The smallest absolute Gasteiger partial charge is 0.269 e. The van der Waals surface area contributed by atoms with Gasteiger partial charge in [0.25, 0.3) is 5.70 Å². The number of benzene rings is 2. The number of fused-ring (bicyclic) bond motifs is 3. The van der Waals surface area contributed by atoms with Crippen molar-refractivity contribution < 1.29 is 37.5 Å². The molecule has 0 unspecified atom stereocenters. The number of nitriles is 1. The zero-order valence-electron chi connectivity index (χ0n) is 11.9. The zero-order valence-corrected chi connectivity index (χ0v) is 14.8. The van der Waals surface area contributed by atoms with Crippen LogP contribution in [-0.4, -0.2) is 6.29 Å². The molecule has 0 amide bonds. The number of hydrogen-bond donors (Lipinski definition) is 0. The molecule has 103 valence electrons. The topological polar surface area (TPSA) is 45.2 Å². The molecule has 0 N–H and O–H groups in total. The van der Waals surface area contributed by atoms with Crippen LogP contribution < -0.4 is 0 Å². The Hall–Kier alpha value is -2.07. The summed E-state index contributed by atoms with van der Waals surface area (Å²) in [6.07, 6.45) is 1.93. The van der Waals surface area contributed by atoms with E-state index in [1.165, 1.54) is 0 Å². The first-order chi connectivity index (χ1) is 9.81. The van der Waals surface area contributed by atoms with Crippen LogP contribution >= 0.6 is 0 Å². The van der Waals surface area contributed by atoms with Crippen molar-refractivity contribution in [2.75, 3.05) is 0 Å².